The van der Waals surface area contributed by atoms with E-state index in [0.29, 0.717) is 35.7 Å². The molecule has 5 heterocycles. The van der Waals surface area contributed by atoms with Gasteiger partial charge in [0.2, 0.25) is 5.95 Å². The molecule has 0 bridgehead atoms. The van der Waals surface area contributed by atoms with Crippen LogP contribution >= 0.6 is 11.6 Å². The van der Waals surface area contributed by atoms with Gasteiger partial charge in [-0.15, -0.1) is 0 Å². The van der Waals surface area contributed by atoms with Gasteiger partial charge in [0.15, 0.2) is 17.1 Å². The van der Waals surface area contributed by atoms with E-state index in [1.807, 2.05) is 0 Å². The van der Waals surface area contributed by atoms with Gasteiger partial charge in [-0.05, 0) is 18.9 Å². The Morgan fingerprint density at radius 1 is 1.21 bits per heavy atom. The molecule has 0 radical (unpaired) electrons. The zero-order valence-electron chi connectivity index (χ0n) is 19.5. The molecule has 0 unspecified atom stereocenters. The Morgan fingerprint density at radius 2 is 2.03 bits per heavy atom. The van der Waals surface area contributed by atoms with Crippen LogP contribution < -0.4 is 15.6 Å². The van der Waals surface area contributed by atoms with Crippen LogP contribution in [0.1, 0.15) is 24.4 Å². The second-order valence-electron chi connectivity index (χ2n) is 8.81. The third kappa shape index (κ3) is 3.92. The predicted octanol–water partition coefficient (Wildman–Crippen LogP) is 4.08. The lowest BCUT2D eigenvalue weighted by Gasteiger charge is -2.34. The minimum absolute atomic E-state index is 0.0314. The molecule has 0 spiro atoms. The maximum Gasteiger partial charge on any atom is 0.417 e. The van der Waals surface area contributed by atoms with Crippen molar-refractivity contribution in [2.75, 3.05) is 5.32 Å². The first-order chi connectivity index (χ1) is 18.1. The van der Waals surface area contributed by atoms with Gasteiger partial charge >= 0.3 is 6.18 Å². The molecule has 38 heavy (non-hydrogen) atoms. The number of alkyl halides is 3. The van der Waals surface area contributed by atoms with Gasteiger partial charge < -0.3 is 24.3 Å². The number of anilines is 2. The number of nitrogens with zero attached hydrogens (tertiary/aromatic N) is 7. The second kappa shape index (κ2) is 8.70. The average molecular weight is 547 g/mol. The molecule has 0 amide bonds. The molecular formula is C23H18ClF3N8O3. The SMILES string of the molecule is Cn1c(Nc2cc(C(F)(F)F)cn([C@@H]3CC[C@H]3O)c2=O)nc2ncc(Oc3cnn4ccncc34)c(Cl)c21. The highest BCUT2D eigenvalue weighted by molar-refractivity contribution is 6.36. The molecule has 15 heteroatoms. The number of rotatable bonds is 5. The smallest absolute Gasteiger partial charge is 0.417 e. The highest BCUT2D eigenvalue weighted by Gasteiger charge is 2.36. The Kier molecular flexibility index (Phi) is 5.54. The topological polar surface area (TPSA) is 124 Å². The molecule has 2 N–H and O–H groups in total. The van der Waals surface area contributed by atoms with E-state index in [0.717, 1.165) is 10.8 Å². The summed E-state index contributed by atoms with van der Waals surface area (Å²) in [5.74, 6) is 0.598. The predicted molar refractivity (Wildman–Crippen MR) is 130 cm³/mol. The van der Waals surface area contributed by atoms with Gasteiger partial charge in [-0.2, -0.15) is 23.3 Å². The van der Waals surface area contributed by atoms with Gasteiger partial charge in [-0.25, -0.2) is 9.50 Å². The summed E-state index contributed by atoms with van der Waals surface area (Å²) < 4.78 is 50.7. The van der Waals surface area contributed by atoms with Gasteiger partial charge in [0, 0.05) is 25.6 Å². The Morgan fingerprint density at radius 3 is 2.74 bits per heavy atom. The van der Waals surface area contributed by atoms with E-state index in [9.17, 15) is 23.1 Å². The lowest BCUT2D eigenvalue weighted by Crippen LogP contribution is -2.40. The summed E-state index contributed by atoms with van der Waals surface area (Å²) >= 11 is 6.62. The summed E-state index contributed by atoms with van der Waals surface area (Å²) in [6.07, 6.45) is 3.55. The van der Waals surface area contributed by atoms with Crippen LogP contribution in [0.25, 0.3) is 16.7 Å². The number of imidazole rings is 1. The molecular weight excluding hydrogens is 529 g/mol. The minimum atomic E-state index is -4.71. The fourth-order valence-corrected chi connectivity index (χ4v) is 4.61. The van der Waals surface area contributed by atoms with Gasteiger partial charge in [-0.1, -0.05) is 11.6 Å². The molecule has 1 aliphatic rings. The molecule has 5 aromatic heterocycles. The van der Waals surface area contributed by atoms with E-state index in [-0.39, 0.29) is 28.1 Å². The van der Waals surface area contributed by atoms with Gasteiger partial charge in [0.1, 0.15) is 21.7 Å². The molecule has 1 fully saturated rings. The monoisotopic (exact) mass is 546 g/mol. The van der Waals surface area contributed by atoms with Crippen molar-refractivity contribution in [3.63, 3.8) is 0 Å². The van der Waals surface area contributed by atoms with Crippen LogP contribution in [0.4, 0.5) is 24.8 Å². The van der Waals surface area contributed by atoms with E-state index >= 15 is 0 Å². The standard InChI is InChI=1S/C23H18ClF3N8O3/c1-33-19-18(24)17(38-16-9-30-35-5-4-28-7-14(16)35)8-29-20(19)32-22(33)31-12-6-11(23(25,26)27)10-34(21(12)37)13-2-3-15(13)36/h4-10,13,15,36H,2-3H2,1H3,(H,29,31,32)/t13-,15-/m1/s1. The van der Waals surface area contributed by atoms with Crippen molar-refractivity contribution in [3.8, 4) is 11.5 Å². The summed E-state index contributed by atoms with van der Waals surface area (Å²) in [5, 5.41) is 17.0. The van der Waals surface area contributed by atoms with Crippen molar-refractivity contribution in [2.45, 2.75) is 31.2 Å². The summed E-state index contributed by atoms with van der Waals surface area (Å²) in [4.78, 5) is 25.7. The van der Waals surface area contributed by atoms with E-state index < -0.39 is 29.4 Å². The third-order valence-corrected chi connectivity index (χ3v) is 6.86. The number of fused-ring (bicyclic) bond motifs is 2. The van der Waals surface area contributed by atoms with Crippen LogP contribution in [-0.4, -0.2) is 44.9 Å². The van der Waals surface area contributed by atoms with Crippen LogP contribution in [0.15, 0.2) is 48.0 Å². The maximum atomic E-state index is 13.6. The maximum absolute atomic E-state index is 13.6. The molecule has 196 valence electrons. The Labute approximate surface area is 216 Å². The van der Waals surface area contributed by atoms with E-state index in [1.165, 1.54) is 17.0 Å². The lowest BCUT2D eigenvalue weighted by atomic mass is 9.89. The van der Waals surface area contributed by atoms with Crippen LogP contribution in [0.2, 0.25) is 5.02 Å². The number of aromatic nitrogens is 7. The van der Waals surface area contributed by atoms with Crippen LogP contribution in [-0.2, 0) is 13.2 Å². The first-order valence-corrected chi connectivity index (χ1v) is 11.7. The number of ether oxygens (including phenoxy) is 1. The first kappa shape index (κ1) is 24.2. The zero-order valence-corrected chi connectivity index (χ0v) is 20.3. The number of aliphatic hydroxyl groups is 1. The molecule has 0 aromatic carbocycles. The van der Waals surface area contributed by atoms with E-state index in [4.69, 9.17) is 16.3 Å². The molecule has 2 atom stereocenters. The van der Waals surface area contributed by atoms with Gasteiger partial charge in [0.05, 0.1) is 36.3 Å². The summed E-state index contributed by atoms with van der Waals surface area (Å²) in [6.45, 7) is 0. The quantitative estimate of drug-likeness (QED) is 0.338. The number of aliphatic hydroxyl groups excluding tert-OH is 1. The average Bonchev–Trinajstić information content (AvgIpc) is 3.42. The number of halogens is 4. The fraction of sp³-hybridized carbons (Fsp3) is 0.261. The molecule has 1 saturated carbocycles. The molecule has 0 aliphatic heterocycles. The van der Waals surface area contributed by atoms with E-state index in [2.05, 4.69) is 25.4 Å². The van der Waals surface area contributed by atoms with Crippen LogP contribution in [0.5, 0.6) is 11.5 Å². The number of hydrogen-bond acceptors (Lipinski definition) is 8. The highest BCUT2D eigenvalue weighted by atomic mass is 35.5. The Hall–Kier alpha value is -4.17. The molecule has 6 rings (SSSR count). The van der Waals surface area contributed by atoms with Gasteiger partial charge in [0.25, 0.3) is 5.56 Å². The van der Waals surface area contributed by atoms with Crippen LogP contribution in [0, 0.1) is 0 Å². The number of nitrogens with one attached hydrogen (secondary N) is 1. The molecule has 5 aromatic rings. The first-order valence-electron chi connectivity index (χ1n) is 11.4. The van der Waals surface area contributed by atoms with Crippen molar-refractivity contribution >= 4 is 39.9 Å². The fourth-order valence-electron chi connectivity index (χ4n) is 4.31. The lowest BCUT2D eigenvalue weighted by molar-refractivity contribution is -0.138. The third-order valence-electron chi connectivity index (χ3n) is 6.49. The minimum Gasteiger partial charge on any atom is -0.450 e. The van der Waals surface area contributed by atoms with Crippen molar-refractivity contribution in [2.24, 2.45) is 7.05 Å². The zero-order chi connectivity index (χ0) is 26.8. The van der Waals surface area contributed by atoms with Crippen molar-refractivity contribution in [3.05, 3.63) is 64.2 Å². The van der Waals surface area contributed by atoms with Crippen molar-refractivity contribution in [1.82, 2.24) is 33.7 Å². The Bertz CT molecular complexity index is 1760. The van der Waals surface area contributed by atoms with Crippen molar-refractivity contribution < 1.29 is 23.0 Å². The van der Waals surface area contributed by atoms with E-state index in [1.54, 1.807) is 30.2 Å². The normalized spacial score (nSPS) is 17.6. The summed E-state index contributed by atoms with van der Waals surface area (Å²) in [6, 6.07) is -0.0248. The van der Waals surface area contributed by atoms with Gasteiger partial charge in [-0.3, -0.25) is 9.78 Å². The number of pyridine rings is 2. The number of aryl methyl sites for hydroxylation is 1. The van der Waals surface area contributed by atoms with Crippen molar-refractivity contribution in [1.29, 1.82) is 0 Å². The largest absolute Gasteiger partial charge is 0.450 e. The molecule has 11 nitrogen and oxygen atoms in total. The van der Waals surface area contributed by atoms with Crippen LogP contribution in [0.3, 0.4) is 0 Å². The molecule has 0 saturated heterocycles. The summed E-state index contributed by atoms with van der Waals surface area (Å²) in [7, 11) is 1.57. The molecule has 1 aliphatic carbocycles. The second-order valence-corrected chi connectivity index (χ2v) is 9.19. The number of hydrogen-bond donors (Lipinski definition) is 2. The highest BCUT2D eigenvalue weighted by Crippen LogP contribution is 2.38. The summed E-state index contributed by atoms with van der Waals surface area (Å²) in [5.41, 5.74) is -1.03. The Balaban J connectivity index is 1.39.